The summed E-state index contributed by atoms with van der Waals surface area (Å²) in [5.41, 5.74) is 1.64. The molecule has 1 saturated heterocycles. The van der Waals surface area contributed by atoms with Crippen LogP contribution in [0.5, 0.6) is 23.0 Å². The third kappa shape index (κ3) is 5.49. The number of imide groups is 1. The maximum Gasteiger partial charge on any atom is 0.332 e. The van der Waals surface area contributed by atoms with Gasteiger partial charge in [-0.1, -0.05) is 6.07 Å². The molecule has 0 unspecified atom stereocenters. The maximum atomic E-state index is 13.6. The van der Waals surface area contributed by atoms with Crippen molar-refractivity contribution in [2.24, 2.45) is 0 Å². The van der Waals surface area contributed by atoms with Gasteiger partial charge in [-0.2, -0.15) is 0 Å². The molecule has 1 aliphatic rings. The smallest absolute Gasteiger partial charge is 0.332 e. The number of carbonyl (C=O) groups is 3. The summed E-state index contributed by atoms with van der Waals surface area (Å²) in [6.07, 6.45) is -0.226. The van der Waals surface area contributed by atoms with Crippen LogP contribution in [0, 0.1) is 0 Å². The number of rotatable bonds is 10. The van der Waals surface area contributed by atoms with Crippen molar-refractivity contribution in [3.8, 4) is 23.0 Å². The van der Waals surface area contributed by atoms with Crippen molar-refractivity contribution in [1.82, 2.24) is 4.90 Å². The lowest BCUT2D eigenvalue weighted by molar-refractivity contribution is -0.124. The molecule has 0 bridgehead atoms. The Hall–Kier alpha value is -4.73. The molecule has 0 aromatic heterocycles. The average molecular weight is 520 g/mol. The molecule has 1 atom stereocenters. The molecule has 0 saturated carbocycles. The molecule has 3 aromatic carbocycles. The zero-order chi connectivity index (χ0) is 27.2. The van der Waals surface area contributed by atoms with Gasteiger partial charge in [-0.25, -0.2) is 9.69 Å². The van der Waals surface area contributed by atoms with Crippen LogP contribution in [0.15, 0.2) is 66.7 Å². The van der Waals surface area contributed by atoms with Crippen molar-refractivity contribution in [2.45, 2.75) is 19.0 Å². The number of benzene rings is 3. The molecule has 0 radical (unpaired) electrons. The first-order chi connectivity index (χ1) is 18.4. The fourth-order valence-electron chi connectivity index (χ4n) is 4.22. The SMILES string of the molecule is COc1ccc(NC(=O)C[C@H]2C(=O)N(c3ccc(OC)cc3)C(=O)N2Cc2ccc(OC)c(OC)c2)cc1. The first-order valence-corrected chi connectivity index (χ1v) is 11.8. The second kappa shape index (κ2) is 11.5. The molecule has 4 rings (SSSR count). The summed E-state index contributed by atoms with van der Waals surface area (Å²) in [7, 11) is 6.13. The Labute approximate surface area is 220 Å². The van der Waals surface area contributed by atoms with E-state index < -0.39 is 23.9 Å². The highest BCUT2D eigenvalue weighted by atomic mass is 16.5. The third-order valence-corrected chi connectivity index (χ3v) is 6.20. The summed E-state index contributed by atoms with van der Waals surface area (Å²) < 4.78 is 21.0. The first kappa shape index (κ1) is 26.3. The number of hydrogen-bond donors (Lipinski definition) is 1. The van der Waals surface area contributed by atoms with Crippen LogP contribution in [0.3, 0.4) is 0 Å². The molecular formula is C28H29N3O7. The molecule has 4 amide bonds. The second-order valence-electron chi connectivity index (χ2n) is 8.47. The van der Waals surface area contributed by atoms with E-state index in [0.29, 0.717) is 39.9 Å². The number of anilines is 2. The molecule has 10 heteroatoms. The van der Waals surface area contributed by atoms with E-state index in [-0.39, 0.29) is 13.0 Å². The number of nitrogens with zero attached hydrogens (tertiary/aromatic N) is 2. The summed E-state index contributed by atoms with van der Waals surface area (Å²) in [5, 5.41) is 2.79. The van der Waals surface area contributed by atoms with Gasteiger partial charge in [0, 0.05) is 12.2 Å². The molecule has 10 nitrogen and oxygen atoms in total. The Morgan fingerprint density at radius 1 is 0.789 bits per heavy atom. The fourth-order valence-corrected chi connectivity index (χ4v) is 4.22. The van der Waals surface area contributed by atoms with Gasteiger partial charge >= 0.3 is 6.03 Å². The predicted molar refractivity (Wildman–Crippen MR) is 141 cm³/mol. The third-order valence-electron chi connectivity index (χ3n) is 6.20. The lowest BCUT2D eigenvalue weighted by atomic mass is 10.1. The average Bonchev–Trinajstić information content (AvgIpc) is 3.17. The van der Waals surface area contributed by atoms with Gasteiger partial charge in [0.25, 0.3) is 5.91 Å². The molecule has 1 N–H and O–H groups in total. The van der Waals surface area contributed by atoms with Gasteiger partial charge in [-0.3, -0.25) is 9.59 Å². The summed E-state index contributed by atoms with van der Waals surface area (Å²) in [6, 6.07) is 17.1. The van der Waals surface area contributed by atoms with Crippen molar-refractivity contribution in [1.29, 1.82) is 0 Å². The minimum Gasteiger partial charge on any atom is -0.497 e. The molecule has 0 aliphatic carbocycles. The lowest BCUT2D eigenvalue weighted by Gasteiger charge is -2.22. The molecule has 198 valence electrons. The Morgan fingerprint density at radius 2 is 1.39 bits per heavy atom. The van der Waals surface area contributed by atoms with Crippen LogP contribution in [0.2, 0.25) is 0 Å². The monoisotopic (exact) mass is 519 g/mol. The van der Waals surface area contributed by atoms with E-state index in [1.54, 1.807) is 73.8 Å². The topological polar surface area (TPSA) is 107 Å². The zero-order valence-corrected chi connectivity index (χ0v) is 21.6. The summed E-state index contributed by atoms with van der Waals surface area (Å²) in [4.78, 5) is 42.6. The second-order valence-corrected chi connectivity index (χ2v) is 8.47. The Kier molecular flexibility index (Phi) is 8.00. The van der Waals surface area contributed by atoms with Crippen LogP contribution in [-0.4, -0.2) is 57.2 Å². The maximum absolute atomic E-state index is 13.6. The molecular weight excluding hydrogens is 490 g/mol. The standard InChI is InChI=1S/C28H29N3O7/c1-35-21-10-6-19(7-11-21)29-26(32)16-23-27(33)31(20-8-12-22(36-2)13-9-20)28(34)30(23)17-18-5-14-24(37-3)25(15-18)38-4/h5-15,23H,16-17H2,1-4H3,(H,29,32)/t23-/m0/s1. The Balaban J connectivity index is 1.61. The van der Waals surface area contributed by atoms with Gasteiger partial charge in [0.2, 0.25) is 5.91 Å². The van der Waals surface area contributed by atoms with E-state index in [4.69, 9.17) is 18.9 Å². The quantitative estimate of drug-likeness (QED) is 0.402. The Bertz CT molecular complexity index is 1310. The predicted octanol–water partition coefficient (Wildman–Crippen LogP) is 4.09. The van der Waals surface area contributed by atoms with Gasteiger partial charge < -0.3 is 29.2 Å². The van der Waals surface area contributed by atoms with Gasteiger partial charge in [0.15, 0.2) is 11.5 Å². The van der Waals surface area contributed by atoms with Crippen LogP contribution >= 0.6 is 0 Å². The van der Waals surface area contributed by atoms with Crippen LogP contribution in [0.1, 0.15) is 12.0 Å². The Morgan fingerprint density at radius 3 is 1.97 bits per heavy atom. The lowest BCUT2D eigenvalue weighted by Crippen LogP contribution is -2.37. The largest absolute Gasteiger partial charge is 0.497 e. The highest BCUT2D eigenvalue weighted by molar-refractivity contribution is 6.22. The van der Waals surface area contributed by atoms with Crippen molar-refractivity contribution in [3.63, 3.8) is 0 Å². The van der Waals surface area contributed by atoms with Gasteiger partial charge in [-0.15, -0.1) is 0 Å². The minimum atomic E-state index is -1.02. The van der Waals surface area contributed by atoms with Crippen LogP contribution in [-0.2, 0) is 16.1 Å². The molecule has 1 heterocycles. The molecule has 0 spiro atoms. The summed E-state index contributed by atoms with van der Waals surface area (Å²) >= 11 is 0. The normalized spacial score (nSPS) is 14.9. The number of carbonyl (C=O) groups excluding carboxylic acids is 3. The summed E-state index contributed by atoms with van der Waals surface area (Å²) in [5.74, 6) is 1.36. The number of hydrogen-bond acceptors (Lipinski definition) is 7. The highest BCUT2D eigenvalue weighted by Gasteiger charge is 2.46. The van der Waals surface area contributed by atoms with E-state index in [0.717, 1.165) is 4.90 Å². The van der Waals surface area contributed by atoms with E-state index in [1.165, 1.54) is 26.2 Å². The molecule has 38 heavy (non-hydrogen) atoms. The van der Waals surface area contributed by atoms with Gasteiger partial charge in [-0.05, 0) is 66.2 Å². The number of ether oxygens (including phenoxy) is 4. The van der Waals surface area contributed by atoms with Crippen molar-refractivity contribution < 1.29 is 33.3 Å². The van der Waals surface area contributed by atoms with E-state index in [1.807, 2.05) is 0 Å². The van der Waals surface area contributed by atoms with Crippen molar-refractivity contribution in [2.75, 3.05) is 38.7 Å². The number of nitrogens with one attached hydrogen (secondary N) is 1. The number of urea groups is 1. The van der Waals surface area contributed by atoms with Gasteiger partial charge in [0.05, 0.1) is 40.5 Å². The summed E-state index contributed by atoms with van der Waals surface area (Å²) in [6.45, 7) is 0.0814. The van der Waals surface area contributed by atoms with E-state index in [9.17, 15) is 14.4 Å². The fraction of sp³-hybridized carbons (Fsp3) is 0.250. The highest BCUT2D eigenvalue weighted by Crippen LogP contribution is 2.32. The zero-order valence-electron chi connectivity index (χ0n) is 21.6. The van der Waals surface area contributed by atoms with E-state index >= 15 is 0 Å². The molecule has 1 aliphatic heterocycles. The molecule has 1 fully saturated rings. The number of methoxy groups -OCH3 is 4. The van der Waals surface area contributed by atoms with Crippen LogP contribution in [0.4, 0.5) is 16.2 Å². The number of amides is 4. The minimum absolute atomic E-state index is 0.0814. The van der Waals surface area contributed by atoms with Crippen molar-refractivity contribution >= 4 is 29.2 Å². The van der Waals surface area contributed by atoms with Crippen molar-refractivity contribution in [3.05, 3.63) is 72.3 Å². The van der Waals surface area contributed by atoms with Crippen LogP contribution in [0.25, 0.3) is 0 Å². The van der Waals surface area contributed by atoms with Gasteiger partial charge in [0.1, 0.15) is 17.5 Å². The first-order valence-electron chi connectivity index (χ1n) is 11.8. The van der Waals surface area contributed by atoms with Crippen LogP contribution < -0.4 is 29.2 Å². The molecule has 3 aromatic rings. The van der Waals surface area contributed by atoms with E-state index in [2.05, 4.69) is 5.32 Å².